The number of carbonyl (C=O) groups is 1. The molecule has 1 unspecified atom stereocenters. The van der Waals surface area contributed by atoms with Gasteiger partial charge in [0.25, 0.3) is 0 Å². The van der Waals surface area contributed by atoms with Gasteiger partial charge in [-0.2, -0.15) is 13.2 Å². The molecule has 30 heavy (non-hydrogen) atoms. The molecule has 2 amide bonds. The third kappa shape index (κ3) is 4.56. The second-order valence-electron chi connectivity index (χ2n) is 7.51. The molecular formula is C21H24F3N3O3. The monoisotopic (exact) mass is 423 g/mol. The number of rotatable bonds is 4. The topological polar surface area (TPSA) is 66.7 Å². The summed E-state index contributed by atoms with van der Waals surface area (Å²) in [6.07, 6.45) is -0.444. The molecule has 0 bridgehead atoms. The number of hydrogen-bond donors (Lipinski definition) is 2. The fraction of sp³-hybridized carbons (Fsp3) is 0.476. The zero-order valence-corrected chi connectivity index (χ0v) is 16.4. The van der Waals surface area contributed by atoms with Crippen LogP contribution in [0.4, 0.5) is 23.7 Å². The number of nitrogens with zero attached hydrogens (tertiary/aromatic N) is 1. The van der Waals surface area contributed by atoms with Gasteiger partial charge in [0.05, 0.1) is 31.1 Å². The maximum atomic E-state index is 13.6. The Morgan fingerprint density at radius 3 is 2.77 bits per heavy atom. The van der Waals surface area contributed by atoms with Gasteiger partial charge in [-0.15, -0.1) is 0 Å². The number of furan rings is 1. The molecule has 2 heterocycles. The zero-order valence-electron chi connectivity index (χ0n) is 16.4. The number of fused-ring (bicyclic) bond motifs is 1. The number of amides is 2. The van der Waals surface area contributed by atoms with E-state index in [1.807, 2.05) is 11.0 Å². The number of carbonyl (C=O) groups excluding carboxylic acids is 1. The van der Waals surface area contributed by atoms with Gasteiger partial charge in [0.15, 0.2) is 0 Å². The van der Waals surface area contributed by atoms with Crippen LogP contribution < -0.4 is 15.5 Å². The van der Waals surface area contributed by atoms with E-state index in [1.54, 1.807) is 12.3 Å². The Labute approximate surface area is 172 Å². The van der Waals surface area contributed by atoms with Crippen molar-refractivity contribution >= 4 is 11.7 Å². The van der Waals surface area contributed by atoms with Gasteiger partial charge in [-0.25, -0.2) is 4.79 Å². The first-order valence-corrected chi connectivity index (χ1v) is 10.1. The van der Waals surface area contributed by atoms with E-state index in [2.05, 4.69) is 10.6 Å². The van der Waals surface area contributed by atoms with Crippen LogP contribution in [0.3, 0.4) is 0 Å². The van der Waals surface area contributed by atoms with Gasteiger partial charge in [0.1, 0.15) is 5.76 Å². The molecule has 2 aromatic rings. The average Bonchev–Trinajstić information content (AvgIpc) is 3.22. The summed E-state index contributed by atoms with van der Waals surface area (Å²) in [4.78, 5) is 14.2. The number of nitrogens with one attached hydrogen (secondary N) is 2. The van der Waals surface area contributed by atoms with E-state index in [4.69, 9.17) is 9.15 Å². The Hall–Kier alpha value is -2.68. The van der Waals surface area contributed by atoms with Crippen LogP contribution in [0, 0.1) is 0 Å². The van der Waals surface area contributed by atoms with Crippen LogP contribution in [0.2, 0.25) is 0 Å². The molecule has 0 radical (unpaired) electrons. The van der Waals surface area contributed by atoms with Gasteiger partial charge >= 0.3 is 12.2 Å². The van der Waals surface area contributed by atoms with Gasteiger partial charge in [0, 0.05) is 37.3 Å². The molecule has 1 aromatic heterocycles. The summed E-state index contributed by atoms with van der Waals surface area (Å²) in [6, 6.07) is 5.37. The van der Waals surface area contributed by atoms with E-state index in [-0.39, 0.29) is 18.2 Å². The minimum atomic E-state index is -4.51. The smallest absolute Gasteiger partial charge is 0.416 e. The number of anilines is 1. The summed E-state index contributed by atoms with van der Waals surface area (Å²) < 4.78 is 51.6. The summed E-state index contributed by atoms with van der Waals surface area (Å²) in [7, 11) is 0. The largest absolute Gasteiger partial charge is 0.469 e. The number of morpholine rings is 1. The Kier molecular flexibility index (Phi) is 5.90. The molecule has 2 aliphatic rings. The second kappa shape index (κ2) is 8.59. The van der Waals surface area contributed by atoms with Crippen LogP contribution in [0.15, 0.2) is 34.9 Å². The Balaban J connectivity index is 1.43. The highest BCUT2D eigenvalue weighted by Gasteiger charge is 2.34. The van der Waals surface area contributed by atoms with Crippen molar-refractivity contribution < 1.29 is 27.1 Å². The van der Waals surface area contributed by atoms with Gasteiger partial charge in [-0.1, -0.05) is 6.07 Å². The molecule has 0 spiro atoms. The lowest BCUT2D eigenvalue weighted by molar-refractivity contribution is -0.138. The number of urea groups is 1. The van der Waals surface area contributed by atoms with Gasteiger partial charge in [-0.3, -0.25) is 0 Å². The molecule has 162 valence electrons. The fourth-order valence-corrected chi connectivity index (χ4v) is 4.02. The molecule has 1 aromatic carbocycles. The van der Waals surface area contributed by atoms with Crippen LogP contribution in [0.1, 0.15) is 41.3 Å². The van der Waals surface area contributed by atoms with Gasteiger partial charge in [0.2, 0.25) is 0 Å². The Morgan fingerprint density at radius 1 is 1.20 bits per heavy atom. The zero-order chi connectivity index (χ0) is 21.1. The third-order valence-electron chi connectivity index (χ3n) is 5.57. The molecule has 1 saturated heterocycles. The molecule has 9 heteroatoms. The minimum absolute atomic E-state index is 0.0299. The van der Waals surface area contributed by atoms with Gasteiger partial charge < -0.3 is 24.7 Å². The average molecular weight is 423 g/mol. The second-order valence-corrected chi connectivity index (χ2v) is 7.51. The summed E-state index contributed by atoms with van der Waals surface area (Å²) in [5.74, 6) is 0.851. The van der Waals surface area contributed by atoms with Crippen LogP contribution in [0.5, 0.6) is 0 Å². The minimum Gasteiger partial charge on any atom is -0.469 e. The number of hydrogen-bond acceptors (Lipinski definition) is 4. The van der Waals surface area contributed by atoms with Crippen LogP contribution >= 0.6 is 0 Å². The van der Waals surface area contributed by atoms with Crippen molar-refractivity contribution in [1.29, 1.82) is 0 Å². The van der Waals surface area contributed by atoms with Crippen molar-refractivity contribution in [2.45, 2.75) is 38.0 Å². The van der Waals surface area contributed by atoms with Crippen LogP contribution in [-0.4, -0.2) is 32.3 Å². The highest BCUT2D eigenvalue weighted by atomic mass is 19.4. The summed E-state index contributed by atoms with van der Waals surface area (Å²) >= 11 is 0. The lowest BCUT2D eigenvalue weighted by Crippen LogP contribution is -2.39. The summed E-state index contributed by atoms with van der Waals surface area (Å²) in [5, 5.41) is 5.41. The van der Waals surface area contributed by atoms with Crippen LogP contribution in [0.25, 0.3) is 0 Å². The quantitative estimate of drug-likeness (QED) is 0.780. The maximum Gasteiger partial charge on any atom is 0.416 e. The molecule has 4 rings (SSSR count). The number of aryl methyl sites for hydroxylation is 1. The number of alkyl halides is 3. The molecule has 0 saturated carbocycles. The molecule has 1 fully saturated rings. The first-order valence-electron chi connectivity index (χ1n) is 10.1. The normalized spacial score (nSPS) is 19.3. The summed E-state index contributed by atoms with van der Waals surface area (Å²) in [6.45, 7) is 1.87. The predicted octanol–water partition coefficient (Wildman–Crippen LogP) is 4.01. The van der Waals surface area contributed by atoms with Crippen molar-refractivity contribution in [3.63, 3.8) is 0 Å². The standard InChI is InChI=1S/C21H24F3N3O3/c22-21(23,24)17-12-15(27-7-10-29-11-8-27)5-4-14(17)13-25-20(28)26-18-2-1-3-19-16(18)6-9-30-19/h4-6,9,12,18H,1-3,7-8,10-11,13H2,(H2,25,26,28). The van der Waals surface area contributed by atoms with E-state index in [1.165, 1.54) is 6.07 Å². The highest BCUT2D eigenvalue weighted by molar-refractivity contribution is 5.74. The van der Waals surface area contributed by atoms with Crippen molar-refractivity contribution in [3.8, 4) is 0 Å². The van der Waals surface area contributed by atoms with Gasteiger partial charge in [-0.05, 0) is 36.6 Å². The number of ether oxygens (including phenoxy) is 1. The van der Waals surface area contributed by atoms with Crippen molar-refractivity contribution in [1.82, 2.24) is 10.6 Å². The van der Waals surface area contributed by atoms with Crippen molar-refractivity contribution in [2.75, 3.05) is 31.2 Å². The van der Waals surface area contributed by atoms with E-state index < -0.39 is 17.8 Å². The van der Waals surface area contributed by atoms with Crippen molar-refractivity contribution in [2.24, 2.45) is 0 Å². The fourth-order valence-electron chi connectivity index (χ4n) is 4.02. The molecular weight excluding hydrogens is 399 g/mol. The lowest BCUT2D eigenvalue weighted by Gasteiger charge is -2.29. The van der Waals surface area contributed by atoms with Crippen LogP contribution in [-0.2, 0) is 23.9 Å². The van der Waals surface area contributed by atoms with E-state index in [0.717, 1.165) is 36.7 Å². The molecule has 6 nitrogen and oxygen atoms in total. The van der Waals surface area contributed by atoms with Crippen molar-refractivity contribution in [3.05, 3.63) is 53.0 Å². The highest BCUT2D eigenvalue weighted by Crippen LogP contribution is 2.35. The predicted molar refractivity (Wildman–Crippen MR) is 104 cm³/mol. The SMILES string of the molecule is O=C(NCc1ccc(N2CCOCC2)cc1C(F)(F)F)NC1CCCc2occc21. The molecule has 2 N–H and O–H groups in total. The third-order valence-corrected chi connectivity index (χ3v) is 5.57. The van der Waals surface area contributed by atoms with E-state index in [0.29, 0.717) is 32.0 Å². The molecule has 1 aliphatic heterocycles. The number of benzene rings is 1. The Morgan fingerprint density at radius 2 is 2.00 bits per heavy atom. The molecule has 1 aliphatic carbocycles. The first kappa shape index (κ1) is 20.6. The maximum absolute atomic E-state index is 13.6. The lowest BCUT2D eigenvalue weighted by atomic mass is 9.93. The Bertz CT molecular complexity index is 891. The van der Waals surface area contributed by atoms with E-state index >= 15 is 0 Å². The first-order chi connectivity index (χ1) is 14.4. The number of halogens is 3. The van der Waals surface area contributed by atoms with E-state index in [9.17, 15) is 18.0 Å². The summed E-state index contributed by atoms with van der Waals surface area (Å²) in [5.41, 5.74) is 0.736. The molecule has 1 atom stereocenters.